The molecule has 0 amide bonds. The van der Waals surface area contributed by atoms with Gasteiger partial charge in [0.15, 0.2) is 0 Å². The molecule has 16 bridgehead atoms. The van der Waals surface area contributed by atoms with Crippen molar-refractivity contribution in [3.63, 3.8) is 0 Å². The molecule has 10 rings (SSSR count). The van der Waals surface area contributed by atoms with E-state index >= 15 is 0 Å². The van der Waals surface area contributed by atoms with Crippen molar-refractivity contribution in [3.05, 3.63) is 139 Å². The Bertz CT molecular complexity index is 3370. The van der Waals surface area contributed by atoms with E-state index in [1.165, 1.54) is 133 Å². The van der Waals surface area contributed by atoms with Gasteiger partial charge in [-0.05, 0) is 240 Å². The molecule has 6 aromatic rings. The third-order valence-electron chi connectivity index (χ3n) is 17.9. The topological polar surface area (TPSA) is 115 Å². The predicted octanol–water partition coefficient (Wildman–Crippen LogP) is 20.0. The van der Waals surface area contributed by atoms with Gasteiger partial charge in [-0.25, -0.2) is 19.9 Å². The van der Waals surface area contributed by atoms with Crippen LogP contribution < -0.4 is 0 Å². The fourth-order valence-electron chi connectivity index (χ4n) is 14.2. The maximum absolute atomic E-state index is 5.28. The van der Waals surface area contributed by atoms with Gasteiger partial charge in [-0.3, -0.25) is 0 Å². The van der Waals surface area contributed by atoms with Gasteiger partial charge in [-0.15, -0.1) is 0 Å². The average molecular weight is 1460 g/mol. The first-order valence-electron chi connectivity index (χ1n) is 31.4. The number of H-pyrrole nitrogens is 4. The third kappa shape index (κ3) is 11.6. The fraction of sp³-hybridized carbons (Fsp3) is 0.444. The van der Waals surface area contributed by atoms with Crippen LogP contribution in [0.1, 0.15) is 252 Å². The van der Waals surface area contributed by atoms with Crippen molar-refractivity contribution in [3.8, 4) is 0 Å². The zero-order chi connectivity index (χ0) is 57.1. The maximum atomic E-state index is 5.28. The quantitative estimate of drug-likeness (QED) is 0.0773. The van der Waals surface area contributed by atoms with E-state index < -0.39 is 0 Å². The molecule has 10 heterocycles. The van der Waals surface area contributed by atoms with E-state index in [1.807, 2.05) is 0 Å². The molecular formula is C72H92N8Pt2+4. The van der Waals surface area contributed by atoms with Crippen LogP contribution in [0.3, 0.4) is 0 Å². The summed E-state index contributed by atoms with van der Waals surface area (Å²) in [6, 6.07) is 18.5. The van der Waals surface area contributed by atoms with E-state index in [9.17, 15) is 0 Å². The van der Waals surface area contributed by atoms with Crippen molar-refractivity contribution in [2.75, 3.05) is 0 Å². The number of aromatic nitrogens is 8. The van der Waals surface area contributed by atoms with Gasteiger partial charge in [0, 0.05) is 44.1 Å². The molecule has 436 valence electrons. The van der Waals surface area contributed by atoms with Crippen molar-refractivity contribution < 1.29 is 42.1 Å². The Hall–Kier alpha value is -5.42. The first kappa shape index (κ1) is 64.1. The van der Waals surface area contributed by atoms with Gasteiger partial charge in [0.1, 0.15) is 0 Å². The monoisotopic (exact) mass is 1460 g/mol. The summed E-state index contributed by atoms with van der Waals surface area (Å²) in [7, 11) is 0. The summed E-state index contributed by atoms with van der Waals surface area (Å²) in [6.45, 7) is 36.2. The summed E-state index contributed by atoms with van der Waals surface area (Å²) < 4.78 is 0. The number of fused-ring (bicyclic) bond motifs is 16. The van der Waals surface area contributed by atoms with Crippen molar-refractivity contribution >= 4 is 88.7 Å². The standard InChI is InChI=1S/2C36H46N4.2Pt/c2*1-9-21-22(10-2)30-18-32-25(13-5)26(14-6)34(39-32)20-36-28(16-8)27(15-7)35(40-36)19-33-24(12-4)23(11-3)31(38-33)17-29(21)37-30;;/h2*17-20,37-38H,9-16H2,1-8H3;;/q;;2*+2. The van der Waals surface area contributed by atoms with Crippen LogP contribution in [0.5, 0.6) is 0 Å². The largest absolute Gasteiger partial charge is 2.00 e. The van der Waals surface area contributed by atoms with Gasteiger partial charge in [0.05, 0.1) is 45.6 Å². The molecule has 0 saturated carbocycles. The molecule has 0 spiro atoms. The second kappa shape index (κ2) is 28.0. The van der Waals surface area contributed by atoms with Gasteiger partial charge in [0.25, 0.3) is 0 Å². The molecule has 0 unspecified atom stereocenters. The van der Waals surface area contributed by atoms with E-state index in [1.54, 1.807) is 0 Å². The van der Waals surface area contributed by atoms with Crippen molar-refractivity contribution in [1.29, 1.82) is 0 Å². The minimum atomic E-state index is 0. The summed E-state index contributed by atoms with van der Waals surface area (Å²) in [5.41, 5.74) is 40.5. The molecule has 82 heavy (non-hydrogen) atoms. The van der Waals surface area contributed by atoms with Crippen LogP contribution in [0, 0.1) is 0 Å². The van der Waals surface area contributed by atoms with Crippen molar-refractivity contribution in [2.24, 2.45) is 0 Å². The van der Waals surface area contributed by atoms with E-state index in [2.05, 4.69) is 179 Å². The van der Waals surface area contributed by atoms with Crippen LogP contribution >= 0.6 is 0 Å². The smallest absolute Gasteiger partial charge is 0.355 e. The number of rotatable bonds is 16. The van der Waals surface area contributed by atoms with E-state index in [-0.39, 0.29) is 42.1 Å². The van der Waals surface area contributed by atoms with Gasteiger partial charge in [-0.1, -0.05) is 111 Å². The molecule has 4 N–H and O–H groups in total. The van der Waals surface area contributed by atoms with Crippen molar-refractivity contribution in [1.82, 2.24) is 39.9 Å². The molecule has 0 aliphatic carbocycles. The van der Waals surface area contributed by atoms with Gasteiger partial charge in [-0.2, -0.15) is 0 Å². The minimum absolute atomic E-state index is 0. The number of hydrogen-bond acceptors (Lipinski definition) is 4. The summed E-state index contributed by atoms with van der Waals surface area (Å²) >= 11 is 0. The number of aromatic amines is 4. The zero-order valence-electron chi connectivity index (χ0n) is 52.4. The summed E-state index contributed by atoms with van der Waals surface area (Å²) in [5, 5.41) is 0. The Labute approximate surface area is 519 Å². The van der Waals surface area contributed by atoms with Crippen LogP contribution in [0.4, 0.5) is 0 Å². The second-order valence-electron chi connectivity index (χ2n) is 21.8. The average Bonchev–Trinajstić information content (AvgIpc) is 4.55. The molecule has 0 atom stereocenters. The molecule has 0 saturated heterocycles. The number of aryl methyl sites for hydroxylation is 8. The normalized spacial score (nSPS) is 13.3. The Morgan fingerprint density at radius 2 is 0.329 bits per heavy atom. The molecule has 0 fully saturated rings. The summed E-state index contributed by atoms with van der Waals surface area (Å²) in [4.78, 5) is 36.5. The number of nitrogens with zero attached hydrogens (tertiary/aromatic N) is 4. The van der Waals surface area contributed by atoms with Crippen LogP contribution in [-0.2, 0) is 93.5 Å². The Balaban J connectivity index is 0.000000230. The first-order chi connectivity index (χ1) is 38.9. The fourth-order valence-corrected chi connectivity index (χ4v) is 14.2. The predicted molar refractivity (Wildman–Crippen MR) is 347 cm³/mol. The van der Waals surface area contributed by atoms with Crippen LogP contribution in [-0.4, -0.2) is 39.9 Å². The number of nitrogens with one attached hydrogen (secondary N) is 4. The van der Waals surface area contributed by atoms with Gasteiger partial charge in [0.2, 0.25) is 0 Å². The van der Waals surface area contributed by atoms with Crippen LogP contribution in [0.15, 0.2) is 48.5 Å². The van der Waals surface area contributed by atoms with Crippen molar-refractivity contribution in [2.45, 2.75) is 214 Å². The number of hydrogen-bond donors (Lipinski definition) is 4. The third-order valence-corrected chi connectivity index (χ3v) is 17.9. The number of allylic oxidation sites excluding steroid dienone is 8. The molecule has 0 radical (unpaired) electrons. The minimum Gasteiger partial charge on any atom is -0.355 e. The van der Waals surface area contributed by atoms with Crippen LogP contribution in [0.25, 0.3) is 88.7 Å². The van der Waals surface area contributed by atoms with E-state index in [0.717, 1.165) is 148 Å². The maximum Gasteiger partial charge on any atom is 2.00 e. The van der Waals surface area contributed by atoms with Gasteiger partial charge >= 0.3 is 42.1 Å². The first-order valence-corrected chi connectivity index (χ1v) is 31.4. The SMILES string of the molecule is CCC1=C(CC)c2cc3[nH]c(cc4[nH]c(cc5nc(cc1n2)C(CC)=C5CC)c(CC)c4CC)c(CC)c3CC.CCC1=C(CC)c2cc3[nH]c(cc4[nH]c(cc5nc(cc1n2)C(CC)=C5CC)c(CC)c4CC)c(CC)c3CC.[Pt+2].[Pt+2]. The summed E-state index contributed by atoms with van der Waals surface area (Å²) in [5.74, 6) is 0. The molecule has 10 heteroatoms. The zero-order valence-corrected chi connectivity index (χ0v) is 56.9. The summed E-state index contributed by atoms with van der Waals surface area (Å²) in [6.07, 6.45) is 15.7. The second-order valence-corrected chi connectivity index (χ2v) is 21.8. The molecule has 4 aliphatic rings. The van der Waals surface area contributed by atoms with Gasteiger partial charge < -0.3 is 19.9 Å². The Kier molecular flexibility index (Phi) is 21.9. The Morgan fingerprint density at radius 3 is 0.463 bits per heavy atom. The molecule has 4 aliphatic heterocycles. The van der Waals surface area contributed by atoms with E-state index in [4.69, 9.17) is 19.9 Å². The Morgan fingerprint density at radius 1 is 0.195 bits per heavy atom. The molecule has 0 aromatic carbocycles. The van der Waals surface area contributed by atoms with Crippen LogP contribution in [0.2, 0.25) is 0 Å². The molecule has 8 nitrogen and oxygen atoms in total. The molecule has 6 aromatic heterocycles. The van der Waals surface area contributed by atoms with E-state index in [0.29, 0.717) is 0 Å². The molecular weight excluding hydrogens is 1370 g/mol.